The highest BCUT2D eigenvalue weighted by atomic mass is 16.6. The standard InChI is InChI=1S/C21H27NO4/c1-21(2,3)26-20(24)22-13-12-19(23)17-10-7-11-18(14-17)25-15-16-8-5-4-6-9-16/h4-11,14,19,23H,12-13,15H2,1-3H3,(H,22,24). The predicted molar refractivity (Wildman–Crippen MR) is 101 cm³/mol. The molecule has 0 aromatic heterocycles. The highest BCUT2D eigenvalue weighted by molar-refractivity contribution is 5.67. The van der Waals surface area contributed by atoms with Gasteiger partial charge < -0.3 is 19.9 Å². The molecule has 1 amide bonds. The second-order valence-electron chi connectivity index (χ2n) is 7.08. The average Bonchev–Trinajstić information content (AvgIpc) is 2.59. The van der Waals surface area contributed by atoms with Gasteiger partial charge in [-0.1, -0.05) is 42.5 Å². The number of benzene rings is 2. The van der Waals surface area contributed by atoms with E-state index in [1.807, 2.05) is 75.4 Å². The SMILES string of the molecule is CC(C)(C)OC(=O)NCCC(O)c1cccc(OCc2ccccc2)c1. The van der Waals surface area contributed by atoms with E-state index >= 15 is 0 Å². The summed E-state index contributed by atoms with van der Waals surface area (Å²) in [7, 11) is 0. The van der Waals surface area contributed by atoms with E-state index in [0.717, 1.165) is 11.1 Å². The van der Waals surface area contributed by atoms with Gasteiger partial charge in [0.15, 0.2) is 0 Å². The van der Waals surface area contributed by atoms with Crippen LogP contribution in [0.3, 0.4) is 0 Å². The first kappa shape index (κ1) is 19.8. The number of alkyl carbamates (subject to hydrolysis) is 1. The summed E-state index contributed by atoms with van der Waals surface area (Å²) in [5.41, 5.74) is 1.30. The lowest BCUT2D eigenvalue weighted by Gasteiger charge is -2.20. The van der Waals surface area contributed by atoms with E-state index in [2.05, 4.69) is 5.32 Å². The van der Waals surface area contributed by atoms with Crippen molar-refractivity contribution in [3.63, 3.8) is 0 Å². The van der Waals surface area contributed by atoms with Crippen molar-refractivity contribution in [2.75, 3.05) is 6.54 Å². The number of carbonyl (C=O) groups is 1. The minimum atomic E-state index is -0.690. The molecule has 0 saturated carbocycles. The minimum absolute atomic E-state index is 0.325. The van der Waals surface area contributed by atoms with Crippen molar-refractivity contribution in [1.82, 2.24) is 5.32 Å². The molecule has 0 aliphatic rings. The third-order valence-electron chi connectivity index (χ3n) is 3.58. The lowest BCUT2D eigenvalue weighted by Crippen LogP contribution is -2.33. The van der Waals surface area contributed by atoms with Crippen LogP contribution >= 0.6 is 0 Å². The van der Waals surface area contributed by atoms with Crippen LogP contribution in [0.2, 0.25) is 0 Å². The fourth-order valence-corrected chi connectivity index (χ4v) is 2.34. The van der Waals surface area contributed by atoms with Crippen LogP contribution in [0.1, 0.15) is 44.4 Å². The Bertz CT molecular complexity index is 695. The Balaban J connectivity index is 1.81. The molecule has 0 heterocycles. The Kier molecular flexibility index (Phi) is 7.04. The third-order valence-corrected chi connectivity index (χ3v) is 3.58. The van der Waals surface area contributed by atoms with Crippen LogP contribution in [0, 0.1) is 0 Å². The number of ether oxygens (including phenoxy) is 2. The molecule has 2 rings (SSSR count). The van der Waals surface area contributed by atoms with Crippen LogP contribution in [-0.4, -0.2) is 23.3 Å². The molecule has 0 fully saturated rings. The zero-order valence-corrected chi connectivity index (χ0v) is 15.6. The lowest BCUT2D eigenvalue weighted by atomic mass is 10.1. The van der Waals surface area contributed by atoms with Gasteiger partial charge in [0, 0.05) is 6.54 Å². The van der Waals surface area contributed by atoms with Crippen molar-refractivity contribution in [3.05, 3.63) is 65.7 Å². The summed E-state index contributed by atoms with van der Waals surface area (Å²) in [4.78, 5) is 11.6. The number of nitrogens with one attached hydrogen (secondary N) is 1. The largest absolute Gasteiger partial charge is 0.489 e. The predicted octanol–water partition coefficient (Wildman–Crippen LogP) is 4.21. The monoisotopic (exact) mass is 357 g/mol. The number of aliphatic hydroxyl groups excluding tert-OH is 1. The van der Waals surface area contributed by atoms with Crippen molar-refractivity contribution in [2.24, 2.45) is 0 Å². The molecule has 2 N–H and O–H groups in total. The summed E-state index contributed by atoms with van der Waals surface area (Å²) < 4.78 is 10.9. The number of amides is 1. The normalized spacial score (nSPS) is 12.3. The first-order valence-corrected chi connectivity index (χ1v) is 8.75. The van der Waals surface area contributed by atoms with Crippen LogP contribution in [0.4, 0.5) is 4.79 Å². The highest BCUT2D eigenvalue weighted by Gasteiger charge is 2.16. The van der Waals surface area contributed by atoms with E-state index in [-0.39, 0.29) is 0 Å². The second kappa shape index (κ2) is 9.25. The summed E-state index contributed by atoms with van der Waals surface area (Å²) in [5.74, 6) is 0.700. The first-order valence-electron chi connectivity index (χ1n) is 8.75. The molecule has 26 heavy (non-hydrogen) atoms. The van der Waals surface area contributed by atoms with Crippen LogP contribution in [0.25, 0.3) is 0 Å². The van der Waals surface area contributed by atoms with Gasteiger partial charge in [-0.2, -0.15) is 0 Å². The molecule has 1 unspecified atom stereocenters. The summed E-state index contributed by atoms with van der Waals surface area (Å²) in [5, 5.41) is 13.0. The summed E-state index contributed by atoms with van der Waals surface area (Å²) in [6.07, 6.45) is -0.781. The van der Waals surface area contributed by atoms with Gasteiger partial charge in [0.05, 0.1) is 6.10 Å². The molecule has 5 heteroatoms. The summed E-state index contributed by atoms with van der Waals surface area (Å²) in [6.45, 7) is 6.22. The molecule has 1 atom stereocenters. The highest BCUT2D eigenvalue weighted by Crippen LogP contribution is 2.22. The molecule has 0 aliphatic heterocycles. The number of carbonyl (C=O) groups excluding carboxylic acids is 1. The molecular weight excluding hydrogens is 330 g/mol. The zero-order valence-electron chi connectivity index (χ0n) is 15.6. The van der Waals surface area contributed by atoms with E-state index in [1.165, 1.54) is 0 Å². The van der Waals surface area contributed by atoms with E-state index < -0.39 is 17.8 Å². The molecule has 2 aromatic carbocycles. The number of rotatable bonds is 7. The molecule has 0 radical (unpaired) electrons. The number of hydrogen-bond donors (Lipinski definition) is 2. The van der Waals surface area contributed by atoms with Gasteiger partial charge in [0.25, 0.3) is 0 Å². The Morgan fingerprint density at radius 3 is 2.54 bits per heavy atom. The van der Waals surface area contributed by atoms with E-state index in [9.17, 15) is 9.90 Å². The lowest BCUT2D eigenvalue weighted by molar-refractivity contribution is 0.0518. The van der Waals surface area contributed by atoms with E-state index in [0.29, 0.717) is 25.3 Å². The molecule has 0 aliphatic carbocycles. The molecule has 0 bridgehead atoms. The summed E-state index contributed by atoms with van der Waals surface area (Å²) >= 11 is 0. The molecular formula is C21H27NO4. The zero-order chi connectivity index (χ0) is 19.0. The van der Waals surface area contributed by atoms with Crippen molar-refractivity contribution in [1.29, 1.82) is 0 Å². The smallest absolute Gasteiger partial charge is 0.407 e. The number of hydrogen-bond acceptors (Lipinski definition) is 4. The Hall–Kier alpha value is -2.53. The molecule has 140 valence electrons. The van der Waals surface area contributed by atoms with Gasteiger partial charge in [-0.3, -0.25) is 0 Å². The Morgan fingerprint density at radius 1 is 1.12 bits per heavy atom. The van der Waals surface area contributed by atoms with Crippen molar-refractivity contribution < 1.29 is 19.4 Å². The molecule has 5 nitrogen and oxygen atoms in total. The van der Waals surface area contributed by atoms with E-state index in [1.54, 1.807) is 0 Å². The van der Waals surface area contributed by atoms with Gasteiger partial charge in [-0.15, -0.1) is 0 Å². The van der Waals surface area contributed by atoms with Gasteiger partial charge in [-0.25, -0.2) is 4.79 Å². The average molecular weight is 357 g/mol. The van der Waals surface area contributed by atoms with Crippen LogP contribution in [0.5, 0.6) is 5.75 Å². The maximum atomic E-state index is 11.6. The van der Waals surface area contributed by atoms with Crippen LogP contribution < -0.4 is 10.1 Å². The van der Waals surface area contributed by atoms with Gasteiger partial charge in [0.1, 0.15) is 18.0 Å². The topological polar surface area (TPSA) is 67.8 Å². The van der Waals surface area contributed by atoms with E-state index in [4.69, 9.17) is 9.47 Å². The van der Waals surface area contributed by atoms with Gasteiger partial charge >= 0.3 is 6.09 Å². The summed E-state index contributed by atoms with van der Waals surface area (Å²) in [6, 6.07) is 17.3. The fraction of sp³-hybridized carbons (Fsp3) is 0.381. The number of aliphatic hydroxyl groups is 1. The fourth-order valence-electron chi connectivity index (χ4n) is 2.34. The van der Waals surface area contributed by atoms with Gasteiger partial charge in [0.2, 0.25) is 0 Å². The maximum Gasteiger partial charge on any atom is 0.407 e. The minimum Gasteiger partial charge on any atom is -0.489 e. The third kappa shape index (κ3) is 7.15. The maximum absolute atomic E-state index is 11.6. The molecule has 0 spiro atoms. The molecule has 0 saturated heterocycles. The van der Waals surface area contributed by atoms with Crippen molar-refractivity contribution >= 4 is 6.09 Å². The quantitative estimate of drug-likeness (QED) is 0.779. The second-order valence-corrected chi connectivity index (χ2v) is 7.08. The Labute approximate surface area is 155 Å². The van der Waals surface area contributed by atoms with Crippen LogP contribution in [0.15, 0.2) is 54.6 Å². The van der Waals surface area contributed by atoms with Crippen molar-refractivity contribution in [3.8, 4) is 5.75 Å². The van der Waals surface area contributed by atoms with Crippen molar-refractivity contribution in [2.45, 2.75) is 45.5 Å². The van der Waals surface area contributed by atoms with Gasteiger partial charge in [-0.05, 0) is 50.5 Å². The first-order chi connectivity index (χ1) is 12.3. The molecule has 2 aromatic rings. The Morgan fingerprint density at radius 2 is 1.85 bits per heavy atom. The van der Waals surface area contributed by atoms with Crippen LogP contribution in [-0.2, 0) is 11.3 Å².